The molecule has 0 atom stereocenters. The number of hydrogen-bond acceptors (Lipinski definition) is 5. The molecule has 0 spiro atoms. The van der Waals surface area contributed by atoms with Gasteiger partial charge in [0, 0.05) is 17.6 Å². The lowest BCUT2D eigenvalue weighted by Crippen LogP contribution is -2.23. The predicted octanol–water partition coefficient (Wildman–Crippen LogP) is 2.36. The Bertz CT molecular complexity index is 663. The largest absolute Gasteiger partial charge is 0.379 e. The van der Waals surface area contributed by atoms with Crippen LogP contribution in [0.5, 0.6) is 0 Å². The minimum Gasteiger partial charge on any atom is -0.379 e. The van der Waals surface area contributed by atoms with Gasteiger partial charge in [0.25, 0.3) is 0 Å². The van der Waals surface area contributed by atoms with Crippen LogP contribution in [0.4, 0.5) is 5.69 Å². The maximum absolute atomic E-state index is 11.8. The number of aromatic nitrogens is 1. The maximum atomic E-state index is 11.8. The Labute approximate surface area is 123 Å². The highest BCUT2D eigenvalue weighted by Gasteiger charge is 2.11. The molecular formula is C13H17N3O2S2. The molecule has 2 N–H and O–H groups in total. The average Bonchev–Trinajstić information content (AvgIpc) is 2.83. The number of anilines is 1. The molecule has 0 aliphatic heterocycles. The van der Waals surface area contributed by atoms with Crippen molar-refractivity contribution >= 4 is 27.0 Å². The van der Waals surface area contributed by atoms with Crippen LogP contribution in [-0.4, -0.2) is 19.9 Å². The van der Waals surface area contributed by atoms with Crippen LogP contribution < -0.4 is 10.0 Å². The zero-order valence-electron chi connectivity index (χ0n) is 11.4. The third-order valence-electron chi connectivity index (χ3n) is 2.64. The summed E-state index contributed by atoms with van der Waals surface area (Å²) in [5.74, 6) is 0. The molecule has 108 valence electrons. The normalized spacial score (nSPS) is 11.5. The Morgan fingerprint density at radius 1 is 1.25 bits per heavy atom. The number of nitrogens with zero attached hydrogens (tertiary/aromatic N) is 1. The molecule has 2 rings (SSSR count). The van der Waals surface area contributed by atoms with Gasteiger partial charge >= 0.3 is 0 Å². The van der Waals surface area contributed by atoms with E-state index in [0.717, 1.165) is 16.4 Å². The monoisotopic (exact) mass is 311 g/mol. The summed E-state index contributed by atoms with van der Waals surface area (Å²) in [5, 5.41) is 6.26. The van der Waals surface area contributed by atoms with Crippen molar-refractivity contribution in [3.8, 4) is 0 Å². The van der Waals surface area contributed by atoms with Gasteiger partial charge in [-0.25, -0.2) is 18.1 Å². The van der Waals surface area contributed by atoms with Crippen LogP contribution in [0.3, 0.4) is 0 Å². The van der Waals surface area contributed by atoms with Crippen molar-refractivity contribution in [2.24, 2.45) is 0 Å². The van der Waals surface area contributed by atoms with Crippen LogP contribution >= 0.6 is 11.3 Å². The lowest BCUT2D eigenvalue weighted by atomic mass is 10.3. The van der Waals surface area contributed by atoms with Crippen molar-refractivity contribution in [2.75, 3.05) is 11.9 Å². The van der Waals surface area contributed by atoms with E-state index >= 15 is 0 Å². The summed E-state index contributed by atoms with van der Waals surface area (Å²) in [7, 11) is -3.38. The van der Waals surface area contributed by atoms with Crippen LogP contribution in [0.15, 0.2) is 34.5 Å². The second-order valence-electron chi connectivity index (χ2n) is 4.24. The summed E-state index contributed by atoms with van der Waals surface area (Å²) < 4.78 is 26.0. The highest BCUT2D eigenvalue weighted by atomic mass is 32.2. The molecule has 7 heteroatoms. The first kappa shape index (κ1) is 15.0. The third-order valence-corrected chi connectivity index (χ3v) is 5.02. The Hall–Kier alpha value is -1.44. The maximum Gasteiger partial charge on any atom is 0.240 e. The fraction of sp³-hybridized carbons (Fsp3) is 0.308. The first-order chi connectivity index (χ1) is 9.51. The van der Waals surface area contributed by atoms with Crippen LogP contribution in [0.25, 0.3) is 0 Å². The van der Waals surface area contributed by atoms with E-state index in [4.69, 9.17) is 0 Å². The number of hydrogen-bond donors (Lipinski definition) is 2. The smallest absolute Gasteiger partial charge is 0.240 e. The molecular weight excluding hydrogens is 294 g/mol. The molecule has 1 heterocycles. The molecule has 0 aliphatic rings. The van der Waals surface area contributed by atoms with E-state index in [-0.39, 0.29) is 4.90 Å². The van der Waals surface area contributed by atoms with Gasteiger partial charge in [-0.1, -0.05) is 6.92 Å². The van der Waals surface area contributed by atoms with Crippen molar-refractivity contribution in [3.05, 3.63) is 40.3 Å². The summed E-state index contributed by atoms with van der Waals surface area (Å²) in [6, 6.07) is 6.69. The van der Waals surface area contributed by atoms with Crippen LogP contribution in [0, 0.1) is 6.92 Å². The van der Waals surface area contributed by atoms with E-state index in [0.29, 0.717) is 13.1 Å². The molecule has 20 heavy (non-hydrogen) atoms. The summed E-state index contributed by atoms with van der Waals surface area (Å²) in [5.41, 5.74) is 1.85. The van der Waals surface area contributed by atoms with E-state index in [9.17, 15) is 8.42 Å². The number of rotatable bonds is 6. The molecule has 2 aromatic rings. The van der Waals surface area contributed by atoms with E-state index in [1.54, 1.807) is 42.5 Å². The molecule has 0 saturated heterocycles. The number of thiazole rings is 1. The molecule has 0 saturated carbocycles. The molecule has 0 radical (unpaired) electrons. The predicted molar refractivity (Wildman–Crippen MR) is 81.5 cm³/mol. The summed E-state index contributed by atoms with van der Waals surface area (Å²) >= 11 is 1.61. The fourth-order valence-electron chi connectivity index (χ4n) is 1.71. The zero-order valence-corrected chi connectivity index (χ0v) is 13.0. The number of nitrogens with one attached hydrogen (secondary N) is 2. The van der Waals surface area contributed by atoms with Gasteiger partial charge in [0.2, 0.25) is 10.0 Å². The minimum atomic E-state index is -3.38. The molecule has 0 amide bonds. The van der Waals surface area contributed by atoms with Crippen molar-refractivity contribution in [2.45, 2.75) is 25.3 Å². The van der Waals surface area contributed by atoms with E-state index in [2.05, 4.69) is 15.0 Å². The molecule has 0 aliphatic carbocycles. The molecule has 5 nitrogen and oxygen atoms in total. The van der Waals surface area contributed by atoms with Crippen LogP contribution in [0.2, 0.25) is 0 Å². The second kappa shape index (κ2) is 6.34. The Balaban J connectivity index is 2.01. The molecule has 1 aromatic carbocycles. The second-order valence-corrected chi connectivity index (χ2v) is 7.07. The van der Waals surface area contributed by atoms with E-state index in [1.165, 1.54) is 0 Å². The van der Waals surface area contributed by atoms with E-state index in [1.807, 2.05) is 12.3 Å². The Morgan fingerprint density at radius 2 is 1.95 bits per heavy atom. The third kappa shape index (κ3) is 3.78. The number of sulfonamides is 1. The SMILES string of the molecule is CCNS(=O)(=O)c1ccc(NCc2csc(C)n2)cc1. The first-order valence-corrected chi connectivity index (χ1v) is 8.62. The van der Waals surface area contributed by atoms with Crippen molar-refractivity contribution in [1.82, 2.24) is 9.71 Å². The average molecular weight is 311 g/mol. The summed E-state index contributed by atoms with van der Waals surface area (Å²) in [4.78, 5) is 4.63. The van der Waals surface area contributed by atoms with Gasteiger partial charge in [0.1, 0.15) is 0 Å². The number of aryl methyl sites for hydroxylation is 1. The molecule has 0 bridgehead atoms. The highest BCUT2D eigenvalue weighted by Crippen LogP contribution is 2.15. The summed E-state index contributed by atoms with van der Waals surface area (Å²) in [6.07, 6.45) is 0. The highest BCUT2D eigenvalue weighted by molar-refractivity contribution is 7.89. The van der Waals surface area contributed by atoms with Crippen LogP contribution in [-0.2, 0) is 16.6 Å². The molecule has 0 unspecified atom stereocenters. The van der Waals surface area contributed by atoms with Crippen molar-refractivity contribution in [3.63, 3.8) is 0 Å². The minimum absolute atomic E-state index is 0.273. The standard InChI is InChI=1S/C13H17N3O2S2/c1-3-15-20(17,18)13-6-4-11(5-7-13)14-8-12-9-19-10(2)16-12/h4-7,9,14-15H,3,8H2,1-2H3. The van der Waals surface area contributed by atoms with Crippen LogP contribution in [0.1, 0.15) is 17.6 Å². The lowest BCUT2D eigenvalue weighted by molar-refractivity contribution is 0.584. The Morgan fingerprint density at radius 3 is 2.50 bits per heavy atom. The zero-order chi connectivity index (χ0) is 14.6. The molecule has 1 aromatic heterocycles. The van der Waals surface area contributed by atoms with Gasteiger partial charge in [0.05, 0.1) is 22.1 Å². The number of benzene rings is 1. The van der Waals surface area contributed by atoms with Gasteiger partial charge in [-0.3, -0.25) is 0 Å². The van der Waals surface area contributed by atoms with Gasteiger partial charge < -0.3 is 5.32 Å². The van der Waals surface area contributed by atoms with Gasteiger partial charge in [-0.2, -0.15) is 0 Å². The first-order valence-electron chi connectivity index (χ1n) is 6.26. The topological polar surface area (TPSA) is 71.1 Å². The van der Waals surface area contributed by atoms with Crippen molar-refractivity contribution < 1.29 is 8.42 Å². The van der Waals surface area contributed by atoms with Gasteiger partial charge in [-0.15, -0.1) is 11.3 Å². The van der Waals surface area contributed by atoms with E-state index < -0.39 is 10.0 Å². The molecule has 0 fully saturated rings. The quantitative estimate of drug-likeness (QED) is 0.859. The van der Waals surface area contributed by atoms with Crippen molar-refractivity contribution in [1.29, 1.82) is 0 Å². The fourth-order valence-corrected chi connectivity index (χ4v) is 3.36. The van der Waals surface area contributed by atoms with Gasteiger partial charge in [-0.05, 0) is 31.2 Å². The van der Waals surface area contributed by atoms with Gasteiger partial charge in [0.15, 0.2) is 0 Å². The summed E-state index contributed by atoms with van der Waals surface area (Å²) in [6.45, 7) is 4.73. The Kier molecular flexibility index (Phi) is 4.74. The lowest BCUT2D eigenvalue weighted by Gasteiger charge is -2.07.